The zero-order valence-electron chi connectivity index (χ0n) is 14.8. The largest absolute Gasteiger partial charge is 0.484 e. The number of hydrogen-bond acceptors (Lipinski definition) is 6. The highest BCUT2D eigenvalue weighted by Gasteiger charge is 2.11. The van der Waals surface area contributed by atoms with Crippen LogP contribution in [0.15, 0.2) is 51.7 Å². The van der Waals surface area contributed by atoms with Gasteiger partial charge in [0.2, 0.25) is 0 Å². The quantitative estimate of drug-likeness (QED) is 0.512. The van der Waals surface area contributed by atoms with E-state index >= 15 is 0 Å². The standard InChI is InChI=1S/C20H15FN2O4S/c1-2-11-7-19(25)27-16-9-13(4-5-14(11)16)26-10-18(24)23-20-22-15-6-3-12(21)8-17(15)28-20/h3-9H,2,10H2,1H3,(H,22,23,24). The molecule has 28 heavy (non-hydrogen) atoms. The zero-order chi connectivity index (χ0) is 19.7. The summed E-state index contributed by atoms with van der Waals surface area (Å²) in [6, 6.07) is 10.8. The van der Waals surface area contributed by atoms with E-state index in [1.54, 1.807) is 24.3 Å². The number of thiazole rings is 1. The molecule has 0 aliphatic carbocycles. The molecule has 1 N–H and O–H groups in total. The molecule has 2 heterocycles. The highest BCUT2D eigenvalue weighted by Crippen LogP contribution is 2.27. The van der Waals surface area contributed by atoms with E-state index in [1.807, 2.05) is 6.92 Å². The Morgan fingerprint density at radius 3 is 2.93 bits per heavy atom. The minimum Gasteiger partial charge on any atom is -0.484 e. The summed E-state index contributed by atoms with van der Waals surface area (Å²) in [6.45, 7) is 1.72. The van der Waals surface area contributed by atoms with Crippen LogP contribution in [0.5, 0.6) is 5.75 Å². The Labute approximate surface area is 162 Å². The number of nitrogens with one attached hydrogen (secondary N) is 1. The Bertz CT molecular complexity index is 1250. The second kappa shape index (κ2) is 7.40. The van der Waals surface area contributed by atoms with E-state index in [-0.39, 0.29) is 12.4 Å². The van der Waals surface area contributed by atoms with E-state index < -0.39 is 11.5 Å². The molecule has 0 saturated heterocycles. The van der Waals surface area contributed by atoms with Crippen molar-refractivity contribution in [3.8, 4) is 5.75 Å². The fourth-order valence-electron chi connectivity index (χ4n) is 2.85. The van der Waals surface area contributed by atoms with Crippen molar-refractivity contribution in [1.29, 1.82) is 0 Å². The van der Waals surface area contributed by atoms with Crippen molar-refractivity contribution in [1.82, 2.24) is 4.98 Å². The maximum absolute atomic E-state index is 13.2. The summed E-state index contributed by atoms with van der Waals surface area (Å²) < 4.78 is 24.6. The van der Waals surface area contributed by atoms with Crippen LogP contribution in [0.4, 0.5) is 9.52 Å². The summed E-state index contributed by atoms with van der Waals surface area (Å²) in [5, 5.41) is 3.83. The lowest BCUT2D eigenvalue weighted by atomic mass is 10.1. The summed E-state index contributed by atoms with van der Waals surface area (Å²) in [5.41, 5.74) is 1.49. The number of aryl methyl sites for hydroxylation is 1. The molecule has 8 heteroatoms. The van der Waals surface area contributed by atoms with Gasteiger partial charge in [0.15, 0.2) is 11.7 Å². The summed E-state index contributed by atoms with van der Waals surface area (Å²) in [5.74, 6) is -0.347. The number of benzene rings is 2. The Kier molecular flexibility index (Phi) is 4.79. The minimum atomic E-state index is -0.425. The predicted octanol–water partition coefficient (Wildman–Crippen LogP) is 4.12. The third kappa shape index (κ3) is 3.72. The third-order valence-electron chi connectivity index (χ3n) is 4.15. The van der Waals surface area contributed by atoms with E-state index in [4.69, 9.17) is 9.15 Å². The van der Waals surface area contributed by atoms with Crippen LogP contribution in [0, 0.1) is 5.82 Å². The molecule has 4 aromatic rings. The highest BCUT2D eigenvalue weighted by atomic mass is 32.1. The molecule has 0 aliphatic heterocycles. The zero-order valence-corrected chi connectivity index (χ0v) is 15.6. The third-order valence-corrected chi connectivity index (χ3v) is 5.08. The molecule has 0 atom stereocenters. The molecule has 0 spiro atoms. The molecule has 2 aromatic carbocycles. The molecule has 4 rings (SSSR count). The van der Waals surface area contributed by atoms with E-state index in [9.17, 15) is 14.0 Å². The van der Waals surface area contributed by atoms with Crippen molar-refractivity contribution in [2.45, 2.75) is 13.3 Å². The molecule has 2 aromatic heterocycles. The van der Waals surface area contributed by atoms with E-state index in [0.29, 0.717) is 33.1 Å². The van der Waals surface area contributed by atoms with Crippen molar-refractivity contribution in [3.63, 3.8) is 0 Å². The molecule has 1 amide bonds. The number of halogens is 1. The van der Waals surface area contributed by atoms with E-state index in [1.165, 1.54) is 29.5 Å². The lowest BCUT2D eigenvalue weighted by Gasteiger charge is -2.08. The van der Waals surface area contributed by atoms with Crippen LogP contribution in [0.25, 0.3) is 21.2 Å². The van der Waals surface area contributed by atoms with E-state index in [2.05, 4.69) is 10.3 Å². The predicted molar refractivity (Wildman–Crippen MR) is 106 cm³/mol. The monoisotopic (exact) mass is 398 g/mol. The van der Waals surface area contributed by atoms with Crippen LogP contribution in [-0.4, -0.2) is 17.5 Å². The van der Waals surface area contributed by atoms with Gasteiger partial charge in [0.1, 0.15) is 17.1 Å². The first kappa shape index (κ1) is 18.1. The van der Waals surface area contributed by atoms with Crippen molar-refractivity contribution < 1.29 is 18.3 Å². The van der Waals surface area contributed by atoms with Crippen LogP contribution in [0.2, 0.25) is 0 Å². The molecule has 0 aliphatic rings. The van der Waals surface area contributed by atoms with Gasteiger partial charge in [-0.15, -0.1) is 0 Å². The van der Waals surface area contributed by atoms with Crippen molar-refractivity contribution >= 4 is 43.6 Å². The van der Waals surface area contributed by atoms with Crippen LogP contribution in [0.3, 0.4) is 0 Å². The van der Waals surface area contributed by atoms with Gasteiger partial charge in [0.05, 0.1) is 10.2 Å². The first-order chi connectivity index (χ1) is 13.5. The van der Waals surface area contributed by atoms with Crippen molar-refractivity contribution in [2.75, 3.05) is 11.9 Å². The van der Waals surface area contributed by atoms with Gasteiger partial charge in [0, 0.05) is 17.5 Å². The Balaban J connectivity index is 1.45. The van der Waals surface area contributed by atoms with Gasteiger partial charge in [-0.25, -0.2) is 14.2 Å². The van der Waals surface area contributed by atoms with Gasteiger partial charge >= 0.3 is 5.63 Å². The normalized spacial score (nSPS) is 11.1. The summed E-state index contributed by atoms with van der Waals surface area (Å²) in [6.07, 6.45) is 0.705. The van der Waals surface area contributed by atoms with Gasteiger partial charge in [0.25, 0.3) is 5.91 Å². The molecular weight excluding hydrogens is 383 g/mol. The first-order valence-corrected chi connectivity index (χ1v) is 9.39. The second-order valence-electron chi connectivity index (χ2n) is 6.07. The van der Waals surface area contributed by atoms with Gasteiger partial charge in [-0.2, -0.15) is 0 Å². The SMILES string of the molecule is CCc1cc(=O)oc2cc(OCC(=O)Nc3nc4ccc(F)cc4s3)ccc12. The number of rotatable bonds is 5. The van der Waals surface area contributed by atoms with Gasteiger partial charge in [-0.1, -0.05) is 18.3 Å². The highest BCUT2D eigenvalue weighted by molar-refractivity contribution is 7.22. The number of carbonyl (C=O) groups excluding carboxylic acids is 1. The average molecular weight is 398 g/mol. The maximum Gasteiger partial charge on any atom is 0.336 e. The van der Waals surface area contributed by atoms with Crippen LogP contribution in [0.1, 0.15) is 12.5 Å². The second-order valence-corrected chi connectivity index (χ2v) is 7.10. The Hall–Kier alpha value is -3.26. The van der Waals surface area contributed by atoms with Crippen molar-refractivity contribution in [2.24, 2.45) is 0 Å². The van der Waals surface area contributed by atoms with Crippen LogP contribution >= 0.6 is 11.3 Å². The Morgan fingerprint density at radius 2 is 2.11 bits per heavy atom. The molecule has 0 bridgehead atoms. The molecule has 0 saturated carbocycles. The number of nitrogens with zero attached hydrogens (tertiary/aromatic N) is 1. The Morgan fingerprint density at radius 1 is 1.25 bits per heavy atom. The number of fused-ring (bicyclic) bond motifs is 2. The number of anilines is 1. The number of amides is 1. The molecule has 6 nitrogen and oxygen atoms in total. The molecule has 0 fully saturated rings. The summed E-state index contributed by atoms with van der Waals surface area (Å²) in [7, 11) is 0. The van der Waals surface area contributed by atoms with Crippen LogP contribution < -0.4 is 15.7 Å². The van der Waals surface area contributed by atoms with E-state index in [0.717, 1.165) is 10.9 Å². The number of carbonyl (C=O) groups is 1. The summed E-state index contributed by atoms with van der Waals surface area (Å²) in [4.78, 5) is 28.0. The van der Waals surface area contributed by atoms with Gasteiger partial charge in [-0.3, -0.25) is 10.1 Å². The topological polar surface area (TPSA) is 81.4 Å². The minimum absolute atomic E-state index is 0.243. The average Bonchev–Trinajstić information content (AvgIpc) is 3.06. The molecule has 142 valence electrons. The van der Waals surface area contributed by atoms with Crippen molar-refractivity contribution in [3.05, 3.63) is 64.3 Å². The number of hydrogen-bond donors (Lipinski definition) is 1. The molecule has 0 unspecified atom stereocenters. The summed E-state index contributed by atoms with van der Waals surface area (Å²) >= 11 is 1.18. The first-order valence-electron chi connectivity index (χ1n) is 8.57. The van der Waals surface area contributed by atoms with Crippen LogP contribution in [-0.2, 0) is 11.2 Å². The lowest BCUT2D eigenvalue weighted by molar-refractivity contribution is -0.118. The number of ether oxygens (including phenoxy) is 1. The fraction of sp³-hybridized carbons (Fsp3) is 0.150. The smallest absolute Gasteiger partial charge is 0.336 e. The molecular formula is C20H15FN2O4S. The maximum atomic E-state index is 13.2. The lowest BCUT2D eigenvalue weighted by Crippen LogP contribution is -2.20. The van der Waals surface area contributed by atoms with Gasteiger partial charge in [-0.05, 0) is 42.3 Å². The number of aromatic nitrogens is 1. The fourth-order valence-corrected chi connectivity index (χ4v) is 3.76. The van der Waals surface area contributed by atoms with Gasteiger partial charge < -0.3 is 9.15 Å². The molecule has 0 radical (unpaired) electrons.